The van der Waals surface area contributed by atoms with Gasteiger partial charge in [0.1, 0.15) is 10.9 Å². The van der Waals surface area contributed by atoms with Crippen molar-refractivity contribution in [1.82, 2.24) is 0 Å². The van der Waals surface area contributed by atoms with Crippen LogP contribution in [0.25, 0.3) is 10.8 Å². The molecule has 1 heterocycles. The van der Waals surface area contributed by atoms with Crippen LogP contribution in [0.2, 0.25) is 0 Å². The predicted molar refractivity (Wildman–Crippen MR) is 96.2 cm³/mol. The molecule has 0 aliphatic carbocycles. The Bertz CT molecular complexity index is 948. The number of esters is 1. The van der Waals surface area contributed by atoms with Crippen LogP contribution in [0.4, 0.5) is 5.69 Å². The lowest BCUT2D eigenvalue weighted by Gasteiger charge is -2.05. The number of carbonyl (C=O) groups excluding carboxylic acids is 1. The largest absolute Gasteiger partial charge is 0.462 e. The minimum atomic E-state index is -0.472. The van der Waals surface area contributed by atoms with E-state index in [4.69, 9.17) is 10.5 Å². The predicted octanol–water partition coefficient (Wildman–Crippen LogP) is 4.12. The molecule has 4 nitrogen and oxygen atoms in total. The second-order valence-corrected chi connectivity index (χ2v) is 6.40. The third kappa shape index (κ3) is 2.84. The summed E-state index contributed by atoms with van der Waals surface area (Å²) >= 11 is 1.24. The molecule has 0 aliphatic rings. The van der Waals surface area contributed by atoms with Crippen LogP contribution in [0.1, 0.15) is 32.6 Å². The molecule has 0 aliphatic heterocycles. The van der Waals surface area contributed by atoms with Crippen molar-refractivity contribution in [1.29, 1.82) is 5.26 Å². The highest BCUT2D eigenvalue weighted by molar-refractivity contribution is 7.14. The van der Waals surface area contributed by atoms with E-state index in [2.05, 4.69) is 24.3 Å². The minimum absolute atomic E-state index is 0.219. The molecule has 24 heavy (non-hydrogen) atoms. The molecule has 0 saturated carbocycles. The van der Waals surface area contributed by atoms with Crippen molar-refractivity contribution in [3.63, 3.8) is 0 Å². The van der Waals surface area contributed by atoms with Gasteiger partial charge in [0.25, 0.3) is 0 Å². The molecular formula is C19H16N2O2S. The maximum Gasteiger partial charge on any atom is 0.350 e. The highest BCUT2D eigenvalue weighted by atomic mass is 32.1. The van der Waals surface area contributed by atoms with Crippen LogP contribution >= 0.6 is 11.3 Å². The van der Waals surface area contributed by atoms with Gasteiger partial charge < -0.3 is 10.5 Å². The summed E-state index contributed by atoms with van der Waals surface area (Å²) in [4.78, 5) is 13.1. The normalized spacial score (nSPS) is 10.5. The summed E-state index contributed by atoms with van der Waals surface area (Å²) in [7, 11) is 0. The third-order valence-electron chi connectivity index (χ3n) is 3.82. The fourth-order valence-electron chi connectivity index (χ4n) is 2.71. The molecule has 3 rings (SSSR count). The number of ether oxygens (including phenoxy) is 1. The van der Waals surface area contributed by atoms with E-state index in [1.165, 1.54) is 11.3 Å². The van der Waals surface area contributed by atoms with E-state index in [1.807, 2.05) is 24.3 Å². The zero-order valence-electron chi connectivity index (χ0n) is 13.2. The second-order valence-electron chi connectivity index (χ2n) is 5.29. The van der Waals surface area contributed by atoms with E-state index in [0.29, 0.717) is 16.9 Å². The lowest BCUT2D eigenvalue weighted by molar-refractivity contribution is 0.0533. The first kappa shape index (κ1) is 16.0. The molecule has 0 saturated heterocycles. The van der Waals surface area contributed by atoms with Crippen LogP contribution in [0.3, 0.4) is 0 Å². The molecule has 5 heteroatoms. The first-order valence-electron chi connectivity index (χ1n) is 7.60. The Morgan fingerprint density at radius 2 is 2.00 bits per heavy atom. The van der Waals surface area contributed by atoms with Crippen LogP contribution in [0, 0.1) is 11.3 Å². The average Bonchev–Trinajstić information content (AvgIpc) is 2.91. The molecule has 0 atom stereocenters. The number of anilines is 1. The van der Waals surface area contributed by atoms with E-state index in [0.717, 1.165) is 21.2 Å². The van der Waals surface area contributed by atoms with E-state index in [9.17, 15) is 10.1 Å². The summed E-state index contributed by atoms with van der Waals surface area (Å²) in [5, 5.41) is 11.7. The quantitative estimate of drug-likeness (QED) is 0.727. The fourth-order valence-corrected chi connectivity index (χ4v) is 3.79. The molecule has 0 spiro atoms. The van der Waals surface area contributed by atoms with E-state index >= 15 is 0 Å². The number of nitrogens with two attached hydrogens (primary N) is 1. The van der Waals surface area contributed by atoms with Crippen LogP contribution in [0.15, 0.2) is 42.5 Å². The van der Waals surface area contributed by atoms with Crippen LogP contribution < -0.4 is 5.73 Å². The zero-order valence-corrected chi connectivity index (χ0v) is 14.0. The van der Waals surface area contributed by atoms with Crippen LogP contribution in [-0.4, -0.2) is 12.6 Å². The smallest absolute Gasteiger partial charge is 0.350 e. The minimum Gasteiger partial charge on any atom is -0.462 e. The van der Waals surface area contributed by atoms with Crippen molar-refractivity contribution in [2.75, 3.05) is 12.3 Å². The summed E-state index contributed by atoms with van der Waals surface area (Å²) in [5.41, 5.74) is 7.69. The lowest BCUT2D eigenvalue weighted by atomic mass is 10.0. The Kier molecular flexibility index (Phi) is 4.50. The van der Waals surface area contributed by atoms with Gasteiger partial charge in [0.05, 0.1) is 17.9 Å². The van der Waals surface area contributed by atoms with Crippen molar-refractivity contribution in [2.45, 2.75) is 13.3 Å². The van der Waals surface area contributed by atoms with E-state index in [1.54, 1.807) is 6.92 Å². The highest BCUT2D eigenvalue weighted by Gasteiger charge is 2.22. The average molecular weight is 336 g/mol. The molecule has 3 aromatic rings. The Balaban J connectivity index is 2.05. The summed E-state index contributed by atoms with van der Waals surface area (Å²) in [6.45, 7) is 2.01. The topological polar surface area (TPSA) is 76.1 Å². The van der Waals surface area contributed by atoms with E-state index in [-0.39, 0.29) is 12.3 Å². The maximum atomic E-state index is 12.0. The number of nitriles is 1. The van der Waals surface area contributed by atoms with Crippen molar-refractivity contribution >= 4 is 33.8 Å². The SMILES string of the molecule is CCOC(=O)c1sc(Cc2cccc3ccccc23)c(C#N)c1N. The molecular weight excluding hydrogens is 320 g/mol. The van der Waals surface area contributed by atoms with Gasteiger partial charge in [0.2, 0.25) is 0 Å². The second kappa shape index (κ2) is 6.73. The molecule has 0 unspecified atom stereocenters. The monoisotopic (exact) mass is 336 g/mol. The maximum absolute atomic E-state index is 12.0. The number of thiophene rings is 1. The number of benzene rings is 2. The number of hydrogen-bond donors (Lipinski definition) is 1. The molecule has 2 aromatic carbocycles. The zero-order chi connectivity index (χ0) is 17.1. The summed E-state index contributed by atoms with van der Waals surface area (Å²) < 4.78 is 5.02. The Hall–Kier alpha value is -2.84. The summed E-state index contributed by atoms with van der Waals surface area (Å²) in [6.07, 6.45) is 0.554. The molecule has 0 bridgehead atoms. The van der Waals surface area contributed by atoms with Gasteiger partial charge >= 0.3 is 5.97 Å². The van der Waals surface area contributed by atoms with Crippen molar-refractivity contribution < 1.29 is 9.53 Å². The van der Waals surface area contributed by atoms with E-state index < -0.39 is 5.97 Å². The Morgan fingerprint density at radius 3 is 2.75 bits per heavy atom. The van der Waals surface area contributed by atoms with Gasteiger partial charge in [-0.3, -0.25) is 0 Å². The number of carbonyl (C=O) groups is 1. The first-order chi connectivity index (χ1) is 11.7. The molecule has 120 valence electrons. The highest BCUT2D eigenvalue weighted by Crippen LogP contribution is 2.34. The van der Waals surface area contributed by atoms with Crippen molar-refractivity contribution in [2.24, 2.45) is 0 Å². The summed E-state index contributed by atoms with van der Waals surface area (Å²) in [5.74, 6) is -0.472. The molecule has 0 radical (unpaired) electrons. The van der Waals surface area contributed by atoms with Crippen molar-refractivity contribution in [3.05, 3.63) is 63.3 Å². The van der Waals surface area contributed by atoms with Gasteiger partial charge in [0, 0.05) is 11.3 Å². The van der Waals surface area contributed by atoms with Gasteiger partial charge in [-0.05, 0) is 23.3 Å². The summed E-state index contributed by atoms with van der Waals surface area (Å²) in [6, 6.07) is 16.3. The molecule has 1 aromatic heterocycles. The number of nitrogen functional groups attached to an aromatic ring is 1. The molecule has 0 amide bonds. The first-order valence-corrected chi connectivity index (χ1v) is 8.42. The Labute approximate surface area is 144 Å². The number of nitrogens with zero attached hydrogens (tertiary/aromatic N) is 1. The van der Waals surface area contributed by atoms with Gasteiger partial charge in [0.15, 0.2) is 0 Å². The lowest BCUT2D eigenvalue weighted by Crippen LogP contribution is -2.05. The number of hydrogen-bond acceptors (Lipinski definition) is 5. The fraction of sp³-hybridized carbons (Fsp3) is 0.158. The van der Waals surface area contributed by atoms with Gasteiger partial charge in [-0.25, -0.2) is 4.79 Å². The molecule has 2 N–H and O–H groups in total. The Morgan fingerprint density at radius 1 is 1.25 bits per heavy atom. The third-order valence-corrected chi connectivity index (χ3v) is 5.01. The number of fused-ring (bicyclic) bond motifs is 1. The van der Waals surface area contributed by atoms with Gasteiger partial charge in [-0.2, -0.15) is 5.26 Å². The van der Waals surface area contributed by atoms with Gasteiger partial charge in [-0.15, -0.1) is 11.3 Å². The standard InChI is InChI=1S/C19H16N2O2S/c1-2-23-19(22)18-17(21)15(11-20)16(24-18)10-13-8-5-7-12-6-3-4-9-14(12)13/h3-9H,2,10,21H2,1H3. The number of rotatable bonds is 4. The van der Waals surface area contributed by atoms with Crippen LogP contribution in [-0.2, 0) is 11.2 Å². The van der Waals surface area contributed by atoms with Crippen molar-refractivity contribution in [3.8, 4) is 6.07 Å². The molecule has 0 fully saturated rings. The van der Waals surface area contributed by atoms with Crippen LogP contribution in [0.5, 0.6) is 0 Å². The van der Waals surface area contributed by atoms with Gasteiger partial charge in [-0.1, -0.05) is 42.5 Å².